The maximum atomic E-state index is 12.9. The molecule has 0 saturated heterocycles. The highest BCUT2D eigenvalue weighted by atomic mass is 32.3. The molecule has 106 valence electrons. The van der Waals surface area contributed by atoms with Crippen LogP contribution < -0.4 is 4.72 Å². The van der Waals surface area contributed by atoms with E-state index >= 15 is 0 Å². The van der Waals surface area contributed by atoms with Crippen LogP contribution in [0.15, 0.2) is 29.2 Å². The molecule has 0 aromatic heterocycles. The van der Waals surface area contributed by atoms with Gasteiger partial charge < -0.3 is 4.74 Å². The molecule has 0 aliphatic heterocycles. The lowest BCUT2D eigenvalue weighted by Gasteiger charge is -2.09. The first kappa shape index (κ1) is 15.4. The number of para-hydroxylation sites is 1. The van der Waals surface area contributed by atoms with Crippen LogP contribution in [0.2, 0.25) is 0 Å². The molecule has 0 fully saturated rings. The van der Waals surface area contributed by atoms with E-state index in [-0.39, 0.29) is 0 Å². The number of rotatable bonds is 5. The summed E-state index contributed by atoms with van der Waals surface area (Å²) in [6.45, 7) is 0. The summed E-state index contributed by atoms with van der Waals surface area (Å²) in [5.74, 6) is -2.04. The van der Waals surface area contributed by atoms with Crippen LogP contribution in [0.3, 0.4) is 0 Å². The van der Waals surface area contributed by atoms with Crippen molar-refractivity contribution in [2.45, 2.75) is 4.90 Å². The number of halogens is 1. The van der Waals surface area contributed by atoms with Gasteiger partial charge in [-0.3, -0.25) is 9.52 Å². The van der Waals surface area contributed by atoms with Crippen molar-refractivity contribution >= 4 is 31.9 Å². The lowest BCUT2D eigenvalue weighted by Crippen LogP contribution is -2.24. The smallest absolute Gasteiger partial charge is 0.334 e. The van der Waals surface area contributed by atoms with Crippen LogP contribution in [0.5, 0.6) is 0 Å². The number of hydrogen-bond acceptors (Lipinski definition) is 6. The number of hydrogen-bond donors (Lipinski definition) is 1. The van der Waals surface area contributed by atoms with Gasteiger partial charge in [-0.15, -0.1) is 3.89 Å². The van der Waals surface area contributed by atoms with Gasteiger partial charge in [-0.05, 0) is 12.1 Å². The first-order valence-corrected chi connectivity index (χ1v) is 7.80. The molecule has 0 saturated carbocycles. The molecule has 1 aromatic rings. The zero-order valence-corrected chi connectivity index (χ0v) is 11.3. The van der Waals surface area contributed by atoms with Gasteiger partial charge in [-0.25, -0.2) is 8.42 Å². The molecule has 10 heteroatoms. The van der Waals surface area contributed by atoms with E-state index < -0.39 is 42.6 Å². The topological polar surface area (TPSA) is 107 Å². The summed E-state index contributed by atoms with van der Waals surface area (Å²) >= 11 is 0. The molecular weight excluding hydrogens is 301 g/mol. The first-order valence-electron chi connectivity index (χ1n) is 4.77. The van der Waals surface area contributed by atoms with E-state index in [2.05, 4.69) is 4.74 Å². The summed E-state index contributed by atoms with van der Waals surface area (Å²) < 4.78 is 63.6. The van der Waals surface area contributed by atoms with Gasteiger partial charge >= 0.3 is 16.2 Å². The van der Waals surface area contributed by atoms with Crippen molar-refractivity contribution in [2.75, 3.05) is 17.6 Å². The molecule has 0 bridgehead atoms. The number of esters is 1. The van der Waals surface area contributed by atoms with E-state index in [9.17, 15) is 25.5 Å². The Labute approximate surface area is 109 Å². The van der Waals surface area contributed by atoms with Gasteiger partial charge in [0.1, 0.15) is 4.90 Å². The fourth-order valence-electron chi connectivity index (χ4n) is 1.18. The number of ether oxygens (including phenoxy) is 1. The van der Waals surface area contributed by atoms with E-state index in [0.717, 1.165) is 19.2 Å². The fourth-order valence-corrected chi connectivity index (χ4v) is 2.88. The Balaban J connectivity index is 3.11. The van der Waals surface area contributed by atoms with Gasteiger partial charge in [0.2, 0.25) is 10.0 Å². The highest BCUT2D eigenvalue weighted by molar-refractivity contribution is 7.93. The number of anilines is 1. The summed E-state index contributed by atoms with van der Waals surface area (Å²) in [6.07, 6.45) is 0. The van der Waals surface area contributed by atoms with Crippen molar-refractivity contribution in [2.24, 2.45) is 0 Å². The van der Waals surface area contributed by atoms with E-state index in [4.69, 9.17) is 0 Å². The molecule has 0 aliphatic rings. The van der Waals surface area contributed by atoms with Gasteiger partial charge in [-0.1, -0.05) is 12.1 Å². The van der Waals surface area contributed by atoms with Crippen LogP contribution in [0.4, 0.5) is 9.57 Å². The Morgan fingerprint density at radius 3 is 2.37 bits per heavy atom. The minimum absolute atomic E-state index is 0.478. The molecule has 7 nitrogen and oxygen atoms in total. The van der Waals surface area contributed by atoms with E-state index in [1.54, 1.807) is 0 Å². The van der Waals surface area contributed by atoms with Crippen molar-refractivity contribution in [3.63, 3.8) is 0 Å². The van der Waals surface area contributed by atoms with Gasteiger partial charge in [0.05, 0.1) is 12.8 Å². The number of methoxy groups -OCH3 is 1. The molecule has 0 unspecified atom stereocenters. The fraction of sp³-hybridized carbons (Fsp3) is 0.222. The monoisotopic (exact) mass is 311 g/mol. The summed E-state index contributed by atoms with van der Waals surface area (Å²) in [7, 11) is -8.27. The largest absolute Gasteiger partial charge is 0.468 e. The van der Waals surface area contributed by atoms with Gasteiger partial charge in [0.15, 0.2) is 5.75 Å². The standard InChI is InChI=1S/C9H10FNO6S2/c1-17-9(12)6-18(13,14)11-7-4-2-3-5-8(7)19(10,15)16/h2-5,11H,6H2,1H3. The van der Waals surface area contributed by atoms with Crippen molar-refractivity contribution in [1.82, 2.24) is 0 Å². The Morgan fingerprint density at radius 2 is 1.84 bits per heavy atom. The quantitative estimate of drug-likeness (QED) is 0.617. The number of carbonyl (C=O) groups is 1. The van der Waals surface area contributed by atoms with Gasteiger partial charge in [0, 0.05) is 0 Å². The van der Waals surface area contributed by atoms with E-state index in [1.165, 1.54) is 12.1 Å². The van der Waals surface area contributed by atoms with Crippen LogP contribution >= 0.6 is 0 Å². The molecule has 1 aromatic carbocycles. The van der Waals surface area contributed by atoms with Crippen LogP contribution in [0, 0.1) is 0 Å². The zero-order valence-electron chi connectivity index (χ0n) is 9.66. The number of sulfonamides is 1. The number of nitrogens with one attached hydrogen (secondary N) is 1. The second-order valence-electron chi connectivity index (χ2n) is 3.37. The van der Waals surface area contributed by atoms with Crippen molar-refractivity contribution in [3.05, 3.63) is 24.3 Å². The predicted molar refractivity (Wildman–Crippen MR) is 64.2 cm³/mol. The normalized spacial score (nSPS) is 11.9. The number of carbonyl (C=O) groups excluding carboxylic acids is 1. The Bertz CT molecular complexity index is 682. The molecule has 0 aliphatic carbocycles. The summed E-state index contributed by atoms with van der Waals surface area (Å²) in [5.41, 5.74) is -0.478. The molecule has 19 heavy (non-hydrogen) atoms. The van der Waals surface area contributed by atoms with Crippen LogP contribution in [0.25, 0.3) is 0 Å². The second-order valence-corrected chi connectivity index (χ2v) is 6.41. The predicted octanol–water partition coefficient (Wildman–Crippen LogP) is 0.259. The zero-order chi connectivity index (χ0) is 14.7. The van der Waals surface area contributed by atoms with Gasteiger partial charge in [0.25, 0.3) is 0 Å². The molecule has 1 N–H and O–H groups in total. The molecule has 1 rings (SSSR count). The number of benzene rings is 1. The van der Waals surface area contributed by atoms with Crippen molar-refractivity contribution in [1.29, 1.82) is 0 Å². The molecule has 0 spiro atoms. The Morgan fingerprint density at radius 1 is 1.26 bits per heavy atom. The second kappa shape index (κ2) is 5.53. The first-order chi connectivity index (χ1) is 8.65. The van der Waals surface area contributed by atoms with E-state index in [0.29, 0.717) is 0 Å². The summed E-state index contributed by atoms with van der Waals surface area (Å²) in [5, 5.41) is 0. The third-order valence-electron chi connectivity index (χ3n) is 1.95. The van der Waals surface area contributed by atoms with Crippen LogP contribution in [-0.4, -0.2) is 35.7 Å². The van der Waals surface area contributed by atoms with Crippen LogP contribution in [0.1, 0.15) is 0 Å². The summed E-state index contributed by atoms with van der Waals surface area (Å²) in [6, 6.07) is 4.49. The Hall–Kier alpha value is -1.68. The molecule has 0 heterocycles. The van der Waals surface area contributed by atoms with E-state index in [1.807, 2.05) is 4.72 Å². The molecule has 0 amide bonds. The average Bonchev–Trinajstić information content (AvgIpc) is 2.26. The lowest BCUT2D eigenvalue weighted by molar-refractivity contribution is -0.137. The molecule has 0 atom stereocenters. The average molecular weight is 311 g/mol. The SMILES string of the molecule is COC(=O)CS(=O)(=O)Nc1ccccc1S(=O)(=O)F. The maximum Gasteiger partial charge on any atom is 0.334 e. The minimum Gasteiger partial charge on any atom is -0.468 e. The summed E-state index contributed by atoms with van der Waals surface area (Å²) in [4.78, 5) is 10.0. The highest BCUT2D eigenvalue weighted by Gasteiger charge is 2.22. The van der Waals surface area contributed by atoms with Crippen molar-refractivity contribution in [3.8, 4) is 0 Å². The minimum atomic E-state index is -5.08. The van der Waals surface area contributed by atoms with Crippen LogP contribution in [-0.2, 0) is 29.8 Å². The molecular formula is C9H10FNO6S2. The highest BCUT2D eigenvalue weighted by Crippen LogP contribution is 2.23. The molecule has 0 radical (unpaired) electrons. The third-order valence-corrected chi connectivity index (χ3v) is 3.98. The van der Waals surface area contributed by atoms with Crippen molar-refractivity contribution < 1.29 is 30.3 Å². The van der Waals surface area contributed by atoms with Gasteiger partial charge in [-0.2, -0.15) is 8.42 Å². The Kier molecular flexibility index (Phi) is 4.48. The lowest BCUT2D eigenvalue weighted by atomic mass is 10.3. The maximum absolute atomic E-state index is 12.9. The third kappa shape index (κ3) is 4.48.